The molecule has 0 saturated carbocycles. The lowest BCUT2D eigenvalue weighted by Crippen LogP contribution is -2.80. The topological polar surface area (TPSA) is 30.5 Å². The molecule has 4 unspecified atom stereocenters. The fourth-order valence-electron chi connectivity index (χ4n) is 6.73. The standard InChI is InChI=1S/C22H26N4.ClH/c1-25-13-11-22-16-8-4-5-9-17(16)23-19(25)21(22)12-14-26(2)20(22)24-18-10-6-3-7-15(18)21;/h3-10,19-20,23-24H,11-14H2,1-2H3;1H. The number of piperidine rings is 2. The predicted octanol–water partition coefficient (Wildman–Crippen LogP) is 3.46. The Bertz CT molecular complexity index is 828. The van der Waals surface area contributed by atoms with E-state index >= 15 is 0 Å². The van der Waals surface area contributed by atoms with Gasteiger partial charge in [-0.1, -0.05) is 36.4 Å². The lowest BCUT2D eigenvalue weighted by molar-refractivity contribution is -0.0691. The second kappa shape index (κ2) is 5.63. The van der Waals surface area contributed by atoms with E-state index in [1.807, 2.05) is 0 Å². The summed E-state index contributed by atoms with van der Waals surface area (Å²) in [6, 6.07) is 18.1. The molecule has 0 aliphatic carbocycles. The highest BCUT2D eigenvalue weighted by Gasteiger charge is 2.70. The van der Waals surface area contributed by atoms with E-state index < -0.39 is 0 Å². The minimum atomic E-state index is 0. The second-order valence-corrected chi connectivity index (χ2v) is 8.59. The van der Waals surface area contributed by atoms with E-state index in [0.29, 0.717) is 12.3 Å². The first-order chi connectivity index (χ1) is 12.7. The van der Waals surface area contributed by atoms with E-state index in [1.54, 1.807) is 0 Å². The highest BCUT2D eigenvalue weighted by Crippen LogP contribution is 2.65. The molecule has 0 radical (unpaired) electrons. The SMILES string of the molecule is CN1CCC23c4ccccc4NC1C21CCN(C)C3Nc2ccccc21.Cl. The molecular weight excluding hydrogens is 356 g/mol. The summed E-state index contributed by atoms with van der Waals surface area (Å²) in [5.41, 5.74) is 5.86. The summed E-state index contributed by atoms with van der Waals surface area (Å²) in [7, 11) is 4.59. The van der Waals surface area contributed by atoms with E-state index in [9.17, 15) is 0 Å². The molecule has 142 valence electrons. The molecule has 0 spiro atoms. The number of likely N-dealkylation sites (N-methyl/N-ethyl adjacent to an activating group) is 2. The normalized spacial score (nSPS) is 36.2. The fraction of sp³-hybridized carbons (Fsp3) is 0.455. The molecule has 4 aliphatic heterocycles. The molecule has 2 N–H and O–H groups in total. The maximum Gasteiger partial charge on any atom is 0.0901 e. The summed E-state index contributed by atoms with van der Waals surface area (Å²) in [4.78, 5) is 5.11. The van der Waals surface area contributed by atoms with Gasteiger partial charge in [-0.2, -0.15) is 0 Å². The van der Waals surface area contributed by atoms with Crippen molar-refractivity contribution in [3.63, 3.8) is 0 Å². The summed E-state index contributed by atoms with van der Waals surface area (Å²) in [6.45, 7) is 2.25. The molecule has 2 saturated heterocycles. The first-order valence-electron chi connectivity index (χ1n) is 9.81. The third kappa shape index (κ3) is 1.82. The highest BCUT2D eigenvalue weighted by molar-refractivity contribution is 5.85. The van der Waals surface area contributed by atoms with Crippen molar-refractivity contribution in [3.05, 3.63) is 59.7 Å². The zero-order valence-corrected chi connectivity index (χ0v) is 16.7. The molecule has 2 aromatic carbocycles. The number of hydrogen-bond donors (Lipinski definition) is 2. The van der Waals surface area contributed by atoms with Crippen molar-refractivity contribution in [2.45, 2.75) is 36.0 Å². The lowest BCUT2D eigenvalue weighted by atomic mass is 9.45. The second-order valence-electron chi connectivity index (χ2n) is 8.59. The molecule has 4 aliphatic rings. The number of hydrogen-bond acceptors (Lipinski definition) is 4. The van der Waals surface area contributed by atoms with Gasteiger partial charge in [-0.05, 0) is 50.2 Å². The van der Waals surface area contributed by atoms with Gasteiger partial charge in [0.2, 0.25) is 0 Å². The van der Waals surface area contributed by atoms with Gasteiger partial charge < -0.3 is 10.6 Å². The average molecular weight is 383 g/mol. The van der Waals surface area contributed by atoms with Gasteiger partial charge in [-0.15, -0.1) is 12.4 Å². The van der Waals surface area contributed by atoms with E-state index in [1.165, 1.54) is 35.3 Å². The number of halogens is 1. The third-order valence-electron chi connectivity index (χ3n) is 7.73. The van der Waals surface area contributed by atoms with Crippen molar-refractivity contribution in [2.24, 2.45) is 0 Å². The largest absolute Gasteiger partial charge is 0.369 e. The fourth-order valence-corrected chi connectivity index (χ4v) is 6.73. The van der Waals surface area contributed by atoms with Crippen LogP contribution in [0.4, 0.5) is 11.4 Å². The van der Waals surface area contributed by atoms with Crippen LogP contribution in [-0.2, 0) is 10.8 Å². The van der Waals surface area contributed by atoms with Gasteiger partial charge in [0.05, 0.1) is 12.3 Å². The molecule has 6 rings (SSSR count). The Morgan fingerprint density at radius 1 is 0.741 bits per heavy atom. The van der Waals surface area contributed by atoms with Crippen LogP contribution in [0, 0.1) is 0 Å². The number of fused-ring (bicyclic) bond motifs is 2. The maximum absolute atomic E-state index is 3.95. The molecule has 4 heterocycles. The van der Waals surface area contributed by atoms with Gasteiger partial charge in [-0.3, -0.25) is 9.80 Å². The van der Waals surface area contributed by atoms with Crippen LogP contribution < -0.4 is 10.6 Å². The van der Waals surface area contributed by atoms with Crippen molar-refractivity contribution >= 4 is 23.8 Å². The lowest BCUT2D eigenvalue weighted by Gasteiger charge is -2.71. The van der Waals surface area contributed by atoms with Gasteiger partial charge in [0.15, 0.2) is 0 Å². The van der Waals surface area contributed by atoms with Crippen LogP contribution in [0.1, 0.15) is 24.0 Å². The highest BCUT2D eigenvalue weighted by atomic mass is 35.5. The van der Waals surface area contributed by atoms with Crippen LogP contribution in [0.3, 0.4) is 0 Å². The average Bonchev–Trinajstić information content (AvgIpc) is 2.67. The summed E-state index contributed by atoms with van der Waals surface area (Å²) in [5.74, 6) is 0. The van der Waals surface area contributed by atoms with Gasteiger partial charge in [0.25, 0.3) is 0 Å². The Labute approximate surface area is 167 Å². The zero-order valence-electron chi connectivity index (χ0n) is 15.9. The van der Waals surface area contributed by atoms with E-state index in [4.69, 9.17) is 0 Å². The number of nitrogens with one attached hydrogen (secondary N) is 2. The summed E-state index contributed by atoms with van der Waals surface area (Å²) in [5, 5.41) is 7.91. The number of para-hydroxylation sites is 2. The number of rotatable bonds is 0. The number of anilines is 2. The van der Waals surface area contributed by atoms with Crippen LogP contribution in [0.15, 0.2) is 48.5 Å². The maximum atomic E-state index is 3.95. The Kier molecular flexibility index (Phi) is 3.62. The molecular formula is C22H27ClN4. The van der Waals surface area contributed by atoms with Crippen molar-refractivity contribution < 1.29 is 0 Å². The minimum absolute atomic E-state index is 0. The zero-order chi connectivity index (χ0) is 17.5. The van der Waals surface area contributed by atoms with Crippen LogP contribution in [0.5, 0.6) is 0 Å². The van der Waals surface area contributed by atoms with Crippen molar-refractivity contribution in [3.8, 4) is 0 Å². The summed E-state index contributed by atoms with van der Waals surface area (Å²) in [6.07, 6.45) is 3.06. The molecule has 4 bridgehead atoms. The van der Waals surface area contributed by atoms with E-state index in [0.717, 1.165) is 13.1 Å². The van der Waals surface area contributed by atoms with Gasteiger partial charge in [-0.25, -0.2) is 0 Å². The molecule has 4 atom stereocenters. The molecule has 2 fully saturated rings. The Balaban J connectivity index is 0.00000160. The molecule has 4 nitrogen and oxygen atoms in total. The Hall–Kier alpha value is -1.75. The third-order valence-corrected chi connectivity index (χ3v) is 7.73. The molecule has 27 heavy (non-hydrogen) atoms. The molecule has 0 aromatic heterocycles. The number of nitrogens with zero attached hydrogens (tertiary/aromatic N) is 2. The van der Waals surface area contributed by atoms with Gasteiger partial charge in [0, 0.05) is 35.3 Å². The smallest absolute Gasteiger partial charge is 0.0901 e. The quantitative estimate of drug-likeness (QED) is 0.730. The first-order valence-corrected chi connectivity index (χ1v) is 9.81. The van der Waals surface area contributed by atoms with Crippen LogP contribution in [0.25, 0.3) is 0 Å². The number of benzene rings is 2. The van der Waals surface area contributed by atoms with Crippen LogP contribution >= 0.6 is 12.4 Å². The van der Waals surface area contributed by atoms with Crippen molar-refractivity contribution in [1.29, 1.82) is 0 Å². The molecule has 5 heteroatoms. The Morgan fingerprint density at radius 2 is 1.15 bits per heavy atom. The molecule has 0 amide bonds. The van der Waals surface area contributed by atoms with Gasteiger partial charge >= 0.3 is 0 Å². The predicted molar refractivity (Wildman–Crippen MR) is 113 cm³/mol. The van der Waals surface area contributed by atoms with Gasteiger partial charge in [0.1, 0.15) is 0 Å². The van der Waals surface area contributed by atoms with E-state index in [2.05, 4.69) is 83.1 Å². The first kappa shape index (κ1) is 17.4. The summed E-state index contributed by atoms with van der Waals surface area (Å²) < 4.78 is 0. The van der Waals surface area contributed by atoms with Crippen molar-refractivity contribution in [1.82, 2.24) is 9.80 Å². The Morgan fingerprint density at radius 3 is 1.59 bits per heavy atom. The van der Waals surface area contributed by atoms with E-state index in [-0.39, 0.29) is 23.2 Å². The minimum Gasteiger partial charge on any atom is -0.369 e. The van der Waals surface area contributed by atoms with Crippen LogP contribution in [-0.4, -0.2) is 49.3 Å². The monoisotopic (exact) mass is 382 g/mol. The van der Waals surface area contributed by atoms with Crippen molar-refractivity contribution in [2.75, 3.05) is 37.8 Å². The van der Waals surface area contributed by atoms with Crippen LogP contribution in [0.2, 0.25) is 0 Å². The molecule has 2 aromatic rings. The number of likely N-dealkylation sites (tertiary alicyclic amines) is 2. The summed E-state index contributed by atoms with van der Waals surface area (Å²) >= 11 is 0.